The number of nitrogens with zero attached hydrogens (tertiary/aromatic N) is 2. The molecule has 0 spiro atoms. The van der Waals surface area contributed by atoms with Crippen molar-refractivity contribution in [2.75, 3.05) is 0 Å². The van der Waals surface area contributed by atoms with E-state index in [1.165, 1.54) is 17.7 Å². The molecule has 3 atom stereocenters. The standard InChI is InChI=1S/C20H23FN2O2/c1-12-9-18-15(10-20(12,4)19-24-13(2)14(3)25-19)11-22-23(18)17-7-5-16(21)6-8-17/h5-9,11,13-14,19H,10H2,1-4H3/t13-,14-,20?/m1/s1. The number of rotatable bonds is 2. The monoisotopic (exact) mass is 342 g/mol. The van der Waals surface area contributed by atoms with E-state index in [0.29, 0.717) is 0 Å². The van der Waals surface area contributed by atoms with E-state index >= 15 is 0 Å². The quantitative estimate of drug-likeness (QED) is 0.823. The van der Waals surface area contributed by atoms with Crippen LogP contribution in [0.5, 0.6) is 0 Å². The van der Waals surface area contributed by atoms with E-state index in [0.717, 1.165) is 23.4 Å². The molecule has 2 heterocycles. The van der Waals surface area contributed by atoms with E-state index in [9.17, 15) is 4.39 Å². The van der Waals surface area contributed by atoms with E-state index in [4.69, 9.17) is 9.47 Å². The third kappa shape index (κ3) is 2.62. The number of hydrogen-bond acceptors (Lipinski definition) is 3. The molecule has 0 bridgehead atoms. The van der Waals surface area contributed by atoms with Crippen LogP contribution in [0.15, 0.2) is 36.0 Å². The second kappa shape index (κ2) is 5.78. The third-order valence-corrected chi connectivity index (χ3v) is 5.63. The summed E-state index contributed by atoms with van der Waals surface area (Å²) in [6.45, 7) is 8.40. The molecule has 1 aliphatic heterocycles. The van der Waals surface area contributed by atoms with Gasteiger partial charge in [0.1, 0.15) is 5.82 Å². The van der Waals surface area contributed by atoms with Crippen molar-refractivity contribution in [3.63, 3.8) is 0 Å². The fraction of sp³-hybridized carbons (Fsp3) is 0.450. The Labute approximate surface area is 147 Å². The van der Waals surface area contributed by atoms with Gasteiger partial charge in [0.25, 0.3) is 0 Å². The van der Waals surface area contributed by atoms with Crippen molar-refractivity contribution in [2.24, 2.45) is 5.41 Å². The lowest BCUT2D eigenvalue weighted by molar-refractivity contribution is -0.128. The second-order valence-electron chi connectivity index (χ2n) is 7.38. The number of fused-ring (bicyclic) bond motifs is 1. The first kappa shape index (κ1) is 16.5. The summed E-state index contributed by atoms with van der Waals surface area (Å²) in [5.74, 6) is -0.247. The predicted octanol–water partition coefficient (Wildman–Crippen LogP) is 4.13. The van der Waals surface area contributed by atoms with Gasteiger partial charge >= 0.3 is 0 Å². The number of hydrogen-bond donors (Lipinski definition) is 0. The molecule has 132 valence electrons. The minimum absolute atomic E-state index is 0.0953. The first-order valence-corrected chi connectivity index (χ1v) is 8.71. The zero-order valence-corrected chi connectivity index (χ0v) is 15.0. The zero-order chi connectivity index (χ0) is 17.8. The Morgan fingerprint density at radius 3 is 2.44 bits per heavy atom. The van der Waals surface area contributed by atoms with Crippen LogP contribution < -0.4 is 0 Å². The number of aromatic nitrogens is 2. The van der Waals surface area contributed by atoms with Crippen molar-refractivity contribution in [2.45, 2.75) is 52.6 Å². The largest absolute Gasteiger partial charge is 0.346 e. The van der Waals surface area contributed by atoms with E-state index in [1.807, 2.05) is 24.7 Å². The summed E-state index contributed by atoms with van der Waals surface area (Å²) in [7, 11) is 0. The first-order valence-electron chi connectivity index (χ1n) is 8.71. The molecule has 1 unspecified atom stereocenters. The summed E-state index contributed by atoms with van der Waals surface area (Å²) in [6, 6.07) is 6.39. The molecular formula is C20H23FN2O2. The second-order valence-corrected chi connectivity index (χ2v) is 7.38. The molecule has 2 aliphatic rings. The van der Waals surface area contributed by atoms with E-state index in [2.05, 4.69) is 25.0 Å². The van der Waals surface area contributed by atoms with Gasteiger partial charge in [-0.25, -0.2) is 9.07 Å². The average Bonchev–Trinajstić information content (AvgIpc) is 3.13. The Kier molecular flexibility index (Phi) is 3.81. The van der Waals surface area contributed by atoms with Crippen LogP contribution in [0.1, 0.15) is 39.0 Å². The van der Waals surface area contributed by atoms with Crippen molar-refractivity contribution in [3.05, 3.63) is 53.1 Å². The van der Waals surface area contributed by atoms with Crippen LogP contribution in [0.25, 0.3) is 11.8 Å². The van der Waals surface area contributed by atoms with E-state index in [-0.39, 0.29) is 29.7 Å². The molecule has 1 aliphatic carbocycles. The lowest BCUT2D eigenvalue weighted by Crippen LogP contribution is -2.38. The first-order chi connectivity index (χ1) is 11.9. The fourth-order valence-electron chi connectivity index (χ4n) is 3.59. The van der Waals surface area contributed by atoms with Crippen LogP contribution in [0, 0.1) is 11.2 Å². The van der Waals surface area contributed by atoms with Gasteiger partial charge in [0.2, 0.25) is 0 Å². The van der Waals surface area contributed by atoms with Crippen LogP contribution in [-0.2, 0) is 15.9 Å². The molecular weight excluding hydrogens is 319 g/mol. The Hall–Kier alpha value is -1.98. The van der Waals surface area contributed by atoms with Gasteiger partial charge in [0.05, 0.1) is 29.8 Å². The molecule has 0 N–H and O–H groups in total. The highest BCUT2D eigenvalue weighted by molar-refractivity contribution is 5.60. The minimum atomic E-state index is -0.254. The Balaban J connectivity index is 1.69. The summed E-state index contributed by atoms with van der Waals surface area (Å²) in [5, 5.41) is 4.52. The summed E-state index contributed by atoms with van der Waals surface area (Å²) in [5.41, 5.74) is 4.03. The van der Waals surface area contributed by atoms with Gasteiger partial charge in [-0.15, -0.1) is 0 Å². The molecule has 1 aromatic heterocycles. The Morgan fingerprint density at radius 2 is 1.80 bits per heavy atom. The van der Waals surface area contributed by atoms with Crippen LogP contribution in [0.3, 0.4) is 0 Å². The van der Waals surface area contributed by atoms with Crippen LogP contribution >= 0.6 is 0 Å². The molecule has 2 aromatic rings. The number of halogens is 1. The molecule has 4 rings (SSSR count). The molecule has 0 saturated carbocycles. The Morgan fingerprint density at radius 1 is 1.16 bits per heavy atom. The lowest BCUT2D eigenvalue weighted by atomic mass is 9.73. The maximum Gasteiger partial charge on any atom is 0.167 e. The van der Waals surface area contributed by atoms with Gasteiger partial charge in [-0.05, 0) is 63.1 Å². The van der Waals surface area contributed by atoms with Crippen molar-refractivity contribution >= 4 is 6.08 Å². The van der Waals surface area contributed by atoms with Crippen LogP contribution in [-0.4, -0.2) is 28.3 Å². The summed E-state index contributed by atoms with van der Waals surface area (Å²) >= 11 is 0. The van der Waals surface area contributed by atoms with Gasteiger partial charge in [-0.3, -0.25) is 0 Å². The molecule has 1 saturated heterocycles. The van der Waals surface area contributed by atoms with Crippen LogP contribution in [0.4, 0.5) is 4.39 Å². The topological polar surface area (TPSA) is 36.3 Å². The van der Waals surface area contributed by atoms with Crippen molar-refractivity contribution in [1.29, 1.82) is 0 Å². The maximum absolute atomic E-state index is 13.2. The predicted molar refractivity (Wildman–Crippen MR) is 93.9 cm³/mol. The van der Waals surface area contributed by atoms with Crippen LogP contribution in [0.2, 0.25) is 0 Å². The molecule has 4 nitrogen and oxygen atoms in total. The summed E-state index contributed by atoms with van der Waals surface area (Å²) in [4.78, 5) is 0. The van der Waals surface area contributed by atoms with Gasteiger partial charge < -0.3 is 9.47 Å². The molecule has 5 heteroatoms. The normalized spacial score (nSPS) is 29.6. The van der Waals surface area contributed by atoms with Gasteiger partial charge in [0.15, 0.2) is 6.29 Å². The molecule has 1 fully saturated rings. The van der Waals surface area contributed by atoms with E-state index < -0.39 is 0 Å². The van der Waals surface area contributed by atoms with Gasteiger partial charge in [0, 0.05) is 5.41 Å². The van der Waals surface area contributed by atoms with Crippen molar-refractivity contribution in [1.82, 2.24) is 9.78 Å². The smallest absolute Gasteiger partial charge is 0.167 e. The summed E-state index contributed by atoms with van der Waals surface area (Å²) in [6.07, 6.45) is 4.78. The molecule has 0 amide bonds. The number of benzene rings is 1. The SMILES string of the molecule is CC1=Cc2c(cnn2-c2ccc(F)cc2)CC1(C)C1O[C@H](C)[C@@H](C)O1. The van der Waals surface area contributed by atoms with Crippen molar-refractivity contribution in [3.8, 4) is 5.69 Å². The number of ether oxygens (including phenoxy) is 2. The average molecular weight is 342 g/mol. The van der Waals surface area contributed by atoms with E-state index in [1.54, 1.807) is 12.1 Å². The lowest BCUT2D eigenvalue weighted by Gasteiger charge is -2.37. The Bertz CT molecular complexity index is 817. The maximum atomic E-state index is 13.2. The minimum Gasteiger partial charge on any atom is -0.346 e. The third-order valence-electron chi connectivity index (χ3n) is 5.63. The molecule has 1 aromatic carbocycles. The van der Waals surface area contributed by atoms with Gasteiger partial charge in [-0.2, -0.15) is 5.10 Å². The van der Waals surface area contributed by atoms with Crippen molar-refractivity contribution < 1.29 is 13.9 Å². The summed E-state index contributed by atoms with van der Waals surface area (Å²) < 4.78 is 27.2. The van der Waals surface area contributed by atoms with Gasteiger partial charge in [-0.1, -0.05) is 12.5 Å². The highest BCUT2D eigenvalue weighted by Crippen LogP contribution is 2.45. The molecule has 25 heavy (non-hydrogen) atoms. The molecule has 0 radical (unpaired) electrons. The zero-order valence-electron chi connectivity index (χ0n) is 15.0. The highest BCUT2D eigenvalue weighted by Gasteiger charge is 2.46. The highest BCUT2D eigenvalue weighted by atomic mass is 19.1. The fourth-order valence-corrected chi connectivity index (χ4v) is 3.59.